The number of fused-ring (bicyclic) bond motifs is 1. The lowest BCUT2D eigenvalue weighted by atomic mass is 10.1. The number of rotatable bonds is 6. The van der Waals surface area contributed by atoms with Crippen molar-refractivity contribution in [3.63, 3.8) is 0 Å². The van der Waals surface area contributed by atoms with E-state index >= 15 is 0 Å². The molecule has 1 aliphatic carbocycles. The number of nitrogens with zero attached hydrogens (tertiary/aromatic N) is 4. The van der Waals surface area contributed by atoms with E-state index in [9.17, 15) is 9.35 Å². The molecule has 3 N–H and O–H groups in total. The van der Waals surface area contributed by atoms with E-state index < -0.39 is 11.2 Å². The van der Waals surface area contributed by atoms with Crippen LogP contribution in [0.5, 0.6) is 0 Å². The first-order valence-electron chi connectivity index (χ1n) is 10.2. The van der Waals surface area contributed by atoms with Gasteiger partial charge in [0.25, 0.3) is 5.91 Å². The first-order valence-corrected chi connectivity index (χ1v) is 12.1. The molecular formula is C20H22ClN7O2S. The molecule has 3 aromatic heterocycles. The van der Waals surface area contributed by atoms with Crippen LogP contribution < -0.4 is 16.0 Å². The fourth-order valence-electron chi connectivity index (χ4n) is 3.57. The summed E-state index contributed by atoms with van der Waals surface area (Å²) in [6.45, 7) is 0. The monoisotopic (exact) mass is 459 g/mol. The Hall–Kier alpha value is -2.56. The Kier molecular flexibility index (Phi) is 5.59. The smallest absolute Gasteiger partial charge is 0.276 e. The molecule has 4 heterocycles. The molecule has 1 amide bonds. The summed E-state index contributed by atoms with van der Waals surface area (Å²) in [4.78, 5) is 21.3. The molecule has 1 saturated carbocycles. The van der Waals surface area contributed by atoms with Gasteiger partial charge in [0.1, 0.15) is 22.5 Å². The van der Waals surface area contributed by atoms with Crippen LogP contribution in [0.4, 0.5) is 17.2 Å². The zero-order valence-corrected chi connectivity index (χ0v) is 18.2. The third-order valence-corrected chi connectivity index (χ3v) is 6.95. The predicted molar refractivity (Wildman–Crippen MR) is 121 cm³/mol. The van der Waals surface area contributed by atoms with E-state index in [0.717, 1.165) is 31.4 Å². The van der Waals surface area contributed by atoms with Gasteiger partial charge in [0.05, 0.1) is 11.9 Å². The van der Waals surface area contributed by atoms with Gasteiger partial charge in [0.2, 0.25) is 0 Å². The molecule has 0 bridgehead atoms. The molecule has 162 valence electrons. The van der Waals surface area contributed by atoms with Crippen molar-refractivity contribution in [1.82, 2.24) is 19.6 Å². The molecule has 9 nitrogen and oxygen atoms in total. The van der Waals surface area contributed by atoms with Crippen LogP contribution >= 0.6 is 11.6 Å². The number of hydrogen-bond donors (Lipinski definition) is 3. The van der Waals surface area contributed by atoms with Crippen molar-refractivity contribution >= 4 is 51.5 Å². The fraction of sp³-hybridized carbons (Fsp3) is 0.400. The normalized spacial score (nSPS) is 21.1. The molecule has 11 heteroatoms. The highest BCUT2D eigenvalue weighted by Gasteiger charge is 2.26. The summed E-state index contributed by atoms with van der Waals surface area (Å²) in [5, 5.41) is 14.7. The molecule has 2 fully saturated rings. The van der Waals surface area contributed by atoms with Gasteiger partial charge in [0, 0.05) is 42.9 Å². The number of amides is 1. The summed E-state index contributed by atoms with van der Waals surface area (Å²) in [6, 6.07) is 5.81. The summed E-state index contributed by atoms with van der Waals surface area (Å²) in [5.74, 6) is 1.71. The van der Waals surface area contributed by atoms with Crippen molar-refractivity contribution in [3.05, 3.63) is 41.4 Å². The van der Waals surface area contributed by atoms with Crippen molar-refractivity contribution in [3.8, 4) is 0 Å². The van der Waals surface area contributed by atoms with Gasteiger partial charge in [-0.2, -0.15) is 0 Å². The van der Waals surface area contributed by atoms with E-state index in [4.69, 9.17) is 11.6 Å². The van der Waals surface area contributed by atoms with Crippen LogP contribution in [0, 0.1) is 0 Å². The number of anilines is 3. The maximum atomic E-state index is 12.9. The van der Waals surface area contributed by atoms with Crippen LogP contribution in [0.2, 0.25) is 5.15 Å². The summed E-state index contributed by atoms with van der Waals surface area (Å²) in [5.41, 5.74) is 2.29. The average Bonchev–Trinajstić information content (AvgIpc) is 3.45. The number of aromatic nitrogens is 4. The highest BCUT2D eigenvalue weighted by atomic mass is 35.5. The maximum Gasteiger partial charge on any atom is 0.276 e. The molecule has 2 aliphatic rings. The first-order chi connectivity index (χ1) is 15.0. The predicted octanol–water partition coefficient (Wildman–Crippen LogP) is 2.93. The lowest BCUT2D eigenvalue weighted by molar-refractivity contribution is 0.102. The van der Waals surface area contributed by atoms with Gasteiger partial charge in [-0.05, 0) is 25.0 Å². The van der Waals surface area contributed by atoms with Crippen molar-refractivity contribution in [1.29, 1.82) is 0 Å². The molecule has 5 rings (SSSR count). The topological polar surface area (TPSA) is 119 Å². The van der Waals surface area contributed by atoms with Crippen LogP contribution in [-0.2, 0) is 11.2 Å². The van der Waals surface area contributed by atoms with Crippen LogP contribution in [0.1, 0.15) is 36.2 Å². The van der Waals surface area contributed by atoms with Gasteiger partial charge in [-0.25, -0.2) is 14.5 Å². The summed E-state index contributed by atoms with van der Waals surface area (Å²) >= 11 is 5.19. The Balaban J connectivity index is 1.45. The minimum absolute atomic E-state index is 0.205. The van der Waals surface area contributed by atoms with Crippen LogP contribution in [0.3, 0.4) is 0 Å². The molecule has 0 aromatic carbocycles. The zero-order chi connectivity index (χ0) is 21.4. The lowest BCUT2D eigenvalue weighted by Gasteiger charge is -2.25. The summed E-state index contributed by atoms with van der Waals surface area (Å²) < 4.78 is 13.2. The van der Waals surface area contributed by atoms with E-state index in [1.807, 2.05) is 6.07 Å². The van der Waals surface area contributed by atoms with Crippen molar-refractivity contribution in [2.75, 3.05) is 27.5 Å². The number of hydrogen-bond acceptors (Lipinski definition) is 7. The third-order valence-electron chi connectivity index (χ3n) is 5.36. The molecule has 0 radical (unpaired) electrons. The number of halogens is 1. The van der Waals surface area contributed by atoms with E-state index in [-0.39, 0.29) is 11.9 Å². The Morgan fingerprint density at radius 2 is 1.90 bits per heavy atom. The summed E-state index contributed by atoms with van der Waals surface area (Å²) in [7, 11) is 0. The quantitative estimate of drug-likeness (QED) is 0.383. The van der Waals surface area contributed by atoms with Crippen LogP contribution in [0.15, 0.2) is 30.6 Å². The largest absolute Gasteiger partial charge is 0.616 e. The van der Waals surface area contributed by atoms with E-state index in [1.54, 1.807) is 16.6 Å². The average molecular weight is 460 g/mol. The van der Waals surface area contributed by atoms with Crippen LogP contribution in [0.25, 0.3) is 5.65 Å². The fourth-order valence-corrected chi connectivity index (χ4v) is 5.04. The van der Waals surface area contributed by atoms with E-state index in [2.05, 4.69) is 31.0 Å². The van der Waals surface area contributed by atoms with Gasteiger partial charge in [-0.3, -0.25) is 4.79 Å². The number of carbonyl (C=O) groups excluding carboxylic acids is 1. The molecule has 1 aliphatic heterocycles. The molecule has 3 aromatic rings. The van der Waals surface area contributed by atoms with Gasteiger partial charge in [-0.1, -0.05) is 22.8 Å². The zero-order valence-electron chi connectivity index (χ0n) is 16.7. The minimum Gasteiger partial charge on any atom is -0.616 e. The Bertz CT molecular complexity index is 1110. The third kappa shape index (κ3) is 4.70. The second-order valence-electron chi connectivity index (χ2n) is 7.83. The van der Waals surface area contributed by atoms with Gasteiger partial charge >= 0.3 is 0 Å². The molecule has 31 heavy (non-hydrogen) atoms. The molecule has 0 atom stereocenters. The second kappa shape index (κ2) is 8.52. The van der Waals surface area contributed by atoms with Crippen molar-refractivity contribution in [2.45, 2.75) is 37.8 Å². The number of imidazole rings is 1. The highest BCUT2D eigenvalue weighted by molar-refractivity contribution is 7.91. The SMILES string of the molecule is O=C(Nc1ccnc(Cl)c1)c1cnc2c(NC3CC3)cc(NC3CC[S+]([O-])CC3)nn12. The maximum absolute atomic E-state index is 12.9. The molecule has 1 saturated heterocycles. The van der Waals surface area contributed by atoms with E-state index in [1.165, 1.54) is 12.4 Å². The molecule has 0 unspecified atom stereocenters. The molecule has 0 spiro atoms. The van der Waals surface area contributed by atoms with Crippen LogP contribution in [-0.4, -0.2) is 53.6 Å². The van der Waals surface area contributed by atoms with Gasteiger partial charge in [0.15, 0.2) is 11.3 Å². The number of carbonyl (C=O) groups is 1. The second-order valence-corrected chi connectivity index (χ2v) is 9.91. The lowest BCUT2D eigenvalue weighted by Crippen LogP contribution is -2.32. The minimum atomic E-state index is -0.725. The van der Waals surface area contributed by atoms with Gasteiger partial charge < -0.3 is 20.5 Å². The number of nitrogens with one attached hydrogen (secondary N) is 3. The summed E-state index contributed by atoms with van der Waals surface area (Å²) in [6.07, 6.45) is 6.94. The Labute approximate surface area is 187 Å². The molecular weight excluding hydrogens is 438 g/mol. The highest BCUT2D eigenvalue weighted by Crippen LogP contribution is 2.29. The Morgan fingerprint density at radius 1 is 1.13 bits per heavy atom. The first kappa shape index (κ1) is 20.3. The van der Waals surface area contributed by atoms with Crippen molar-refractivity contribution in [2.24, 2.45) is 0 Å². The number of pyridine rings is 1. The van der Waals surface area contributed by atoms with E-state index in [0.29, 0.717) is 45.5 Å². The standard InChI is InChI=1S/C20H22ClN7O2S/c21-17-9-14(3-6-22-17)26-20(29)16-11-23-19-15(24-12-1-2-12)10-18(27-28(16)19)25-13-4-7-31(30)8-5-13/h3,6,9-13,24H,1-2,4-5,7-8H2,(H,25,27)(H,22,26,29). The van der Waals surface area contributed by atoms with Gasteiger partial charge in [-0.15, -0.1) is 5.10 Å². The Morgan fingerprint density at radius 3 is 2.65 bits per heavy atom. The van der Waals surface area contributed by atoms with Crippen molar-refractivity contribution < 1.29 is 9.35 Å².